The molecule has 0 atom stereocenters. The molecule has 0 amide bonds. The van der Waals surface area contributed by atoms with E-state index in [-0.39, 0.29) is 6.61 Å². The van der Waals surface area contributed by atoms with Crippen LogP contribution in [-0.4, -0.2) is 36.8 Å². The van der Waals surface area contributed by atoms with Crippen molar-refractivity contribution in [1.82, 2.24) is 15.0 Å². The predicted molar refractivity (Wildman–Crippen MR) is 119 cm³/mol. The van der Waals surface area contributed by atoms with Crippen molar-refractivity contribution in [1.29, 1.82) is 0 Å². The van der Waals surface area contributed by atoms with Crippen molar-refractivity contribution in [3.05, 3.63) is 71.5 Å². The van der Waals surface area contributed by atoms with Gasteiger partial charge in [-0.25, -0.2) is 9.48 Å². The fourth-order valence-electron chi connectivity index (χ4n) is 2.79. The molecule has 0 bridgehead atoms. The maximum Gasteiger partial charge on any atom is 0.338 e. The lowest BCUT2D eigenvalue weighted by atomic mass is 10.0. The Morgan fingerprint density at radius 1 is 1.10 bits per heavy atom. The van der Waals surface area contributed by atoms with Crippen LogP contribution < -0.4 is 0 Å². The molecule has 0 saturated carbocycles. The van der Waals surface area contributed by atoms with Gasteiger partial charge in [-0.1, -0.05) is 31.2 Å². The number of nitrogens with zero attached hydrogens (tertiary/aromatic N) is 3. The van der Waals surface area contributed by atoms with Crippen LogP contribution in [0.4, 0.5) is 0 Å². The smallest absolute Gasteiger partial charge is 0.338 e. The van der Waals surface area contributed by atoms with E-state index in [0.29, 0.717) is 17.2 Å². The zero-order valence-corrected chi connectivity index (χ0v) is 18.7. The Bertz CT molecular complexity index is 1060. The van der Waals surface area contributed by atoms with Gasteiger partial charge in [-0.05, 0) is 61.7 Å². The van der Waals surface area contributed by atoms with Crippen LogP contribution in [0.5, 0.6) is 0 Å². The second kappa shape index (κ2) is 9.34. The van der Waals surface area contributed by atoms with Crippen molar-refractivity contribution in [2.75, 3.05) is 0 Å². The molecule has 1 N–H and O–H groups in total. The van der Waals surface area contributed by atoms with Crippen molar-refractivity contribution in [2.45, 2.75) is 49.9 Å². The average molecular weight is 440 g/mol. The first kappa shape index (κ1) is 22.6. The normalized spacial score (nSPS) is 11.5. The van der Waals surface area contributed by atoms with Gasteiger partial charge < -0.3 is 9.84 Å². The molecule has 8 heteroatoms. The van der Waals surface area contributed by atoms with E-state index < -0.39 is 16.7 Å². The number of hydrogen-bond donors (Lipinski definition) is 1. The standard InChI is InChI=1S/C23H25N3O4S/c1-15(2)16-5-9-18(10-6-16)26-19(13-24-25-26)14-30-21(27)17-7-11-20(12-8-17)31-23(3,4)22(28)29/h5-13,15H,14H2,1-4H3,(H,28,29). The number of carboxylic acids is 1. The molecule has 0 saturated heterocycles. The topological polar surface area (TPSA) is 94.3 Å². The molecule has 0 fully saturated rings. The highest BCUT2D eigenvalue weighted by Gasteiger charge is 2.28. The summed E-state index contributed by atoms with van der Waals surface area (Å²) in [6.45, 7) is 7.56. The average Bonchev–Trinajstić information content (AvgIpc) is 3.21. The van der Waals surface area contributed by atoms with Crippen LogP contribution in [0, 0.1) is 0 Å². The molecule has 0 spiro atoms. The molecule has 1 aromatic heterocycles. The van der Waals surface area contributed by atoms with E-state index in [0.717, 1.165) is 10.6 Å². The quantitative estimate of drug-likeness (QED) is 0.401. The zero-order chi connectivity index (χ0) is 22.6. The Balaban J connectivity index is 1.64. The summed E-state index contributed by atoms with van der Waals surface area (Å²) < 4.78 is 6.12. The second-order valence-electron chi connectivity index (χ2n) is 7.90. The molecule has 1 heterocycles. The number of rotatable bonds is 8. The van der Waals surface area contributed by atoms with Crippen LogP contribution in [-0.2, 0) is 16.1 Å². The van der Waals surface area contributed by atoms with E-state index in [1.807, 2.05) is 24.3 Å². The van der Waals surface area contributed by atoms with Gasteiger partial charge in [-0.2, -0.15) is 0 Å². The van der Waals surface area contributed by atoms with Crippen molar-refractivity contribution in [2.24, 2.45) is 0 Å². The zero-order valence-electron chi connectivity index (χ0n) is 17.9. The molecule has 0 aliphatic rings. The van der Waals surface area contributed by atoms with Gasteiger partial charge in [0.1, 0.15) is 17.0 Å². The van der Waals surface area contributed by atoms with Gasteiger partial charge in [0.2, 0.25) is 0 Å². The largest absolute Gasteiger partial charge is 0.480 e. The third-order valence-electron chi connectivity index (χ3n) is 4.75. The number of carbonyl (C=O) groups excluding carboxylic acids is 1. The number of aliphatic carboxylic acids is 1. The number of carboxylic acid groups (broad SMARTS) is 1. The fraction of sp³-hybridized carbons (Fsp3) is 0.304. The maximum absolute atomic E-state index is 12.4. The number of benzene rings is 2. The van der Waals surface area contributed by atoms with Crippen LogP contribution >= 0.6 is 11.8 Å². The number of carbonyl (C=O) groups is 2. The summed E-state index contributed by atoms with van der Waals surface area (Å²) in [5.41, 5.74) is 3.11. The molecule has 7 nitrogen and oxygen atoms in total. The third kappa shape index (κ3) is 5.52. The van der Waals surface area contributed by atoms with E-state index in [1.165, 1.54) is 17.3 Å². The minimum atomic E-state index is -0.958. The predicted octanol–water partition coefficient (Wildman–Crippen LogP) is 4.70. The third-order valence-corrected chi connectivity index (χ3v) is 5.95. The van der Waals surface area contributed by atoms with E-state index in [9.17, 15) is 14.7 Å². The highest BCUT2D eigenvalue weighted by atomic mass is 32.2. The van der Waals surface area contributed by atoms with Crippen LogP contribution in [0.1, 0.15) is 55.2 Å². The van der Waals surface area contributed by atoms with E-state index in [2.05, 4.69) is 24.2 Å². The van der Waals surface area contributed by atoms with Crippen LogP contribution in [0.15, 0.2) is 59.6 Å². The molecule has 0 aliphatic heterocycles. The first-order valence-corrected chi connectivity index (χ1v) is 10.7. The first-order chi connectivity index (χ1) is 14.7. The SMILES string of the molecule is CC(C)c1ccc(-n2nncc2COC(=O)c2ccc(SC(C)(C)C(=O)O)cc2)cc1. The Hall–Kier alpha value is -3.13. The summed E-state index contributed by atoms with van der Waals surface area (Å²) in [5, 5.41) is 17.3. The van der Waals surface area contributed by atoms with Gasteiger partial charge in [-0.15, -0.1) is 16.9 Å². The molecule has 3 aromatic rings. The molecule has 3 rings (SSSR count). The highest BCUT2D eigenvalue weighted by molar-refractivity contribution is 8.01. The Morgan fingerprint density at radius 3 is 2.32 bits per heavy atom. The Morgan fingerprint density at radius 2 is 1.74 bits per heavy atom. The van der Waals surface area contributed by atoms with Gasteiger partial charge >= 0.3 is 11.9 Å². The molecular weight excluding hydrogens is 414 g/mol. The van der Waals surface area contributed by atoms with Crippen molar-refractivity contribution in [3.63, 3.8) is 0 Å². The number of aromatic nitrogens is 3. The Labute approximate surface area is 185 Å². The number of esters is 1. The molecular formula is C23H25N3O4S. The molecule has 31 heavy (non-hydrogen) atoms. The van der Waals surface area contributed by atoms with E-state index in [4.69, 9.17) is 4.74 Å². The van der Waals surface area contributed by atoms with Gasteiger partial charge in [0.15, 0.2) is 0 Å². The molecule has 162 valence electrons. The van der Waals surface area contributed by atoms with Gasteiger partial charge in [-0.3, -0.25) is 4.79 Å². The Kier molecular flexibility index (Phi) is 6.80. The van der Waals surface area contributed by atoms with Crippen LogP contribution in [0.2, 0.25) is 0 Å². The van der Waals surface area contributed by atoms with Crippen LogP contribution in [0.3, 0.4) is 0 Å². The van der Waals surface area contributed by atoms with Crippen LogP contribution in [0.25, 0.3) is 5.69 Å². The van der Waals surface area contributed by atoms with Crippen molar-refractivity contribution < 1.29 is 19.4 Å². The highest BCUT2D eigenvalue weighted by Crippen LogP contribution is 2.32. The van der Waals surface area contributed by atoms with Gasteiger partial charge in [0.05, 0.1) is 17.4 Å². The molecule has 2 aromatic carbocycles. The lowest BCUT2D eigenvalue weighted by molar-refractivity contribution is -0.138. The van der Waals surface area contributed by atoms with Crippen molar-refractivity contribution >= 4 is 23.7 Å². The molecule has 0 unspecified atom stereocenters. The summed E-state index contributed by atoms with van der Waals surface area (Å²) in [6, 6.07) is 14.7. The van der Waals surface area contributed by atoms with Gasteiger partial charge in [0, 0.05) is 4.90 Å². The second-order valence-corrected chi connectivity index (χ2v) is 9.60. The number of ether oxygens (including phenoxy) is 1. The fourth-order valence-corrected chi connectivity index (χ4v) is 3.74. The lowest BCUT2D eigenvalue weighted by Crippen LogP contribution is -2.26. The van der Waals surface area contributed by atoms with E-state index in [1.54, 1.807) is 49.0 Å². The monoisotopic (exact) mass is 439 g/mol. The summed E-state index contributed by atoms with van der Waals surface area (Å²) in [6.07, 6.45) is 1.57. The van der Waals surface area contributed by atoms with Crippen molar-refractivity contribution in [3.8, 4) is 5.69 Å². The lowest BCUT2D eigenvalue weighted by Gasteiger charge is -2.18. The number of thioether (sulfide) groups is 1. The summed E-state index contributed by atoms with van der Waals surface area (Å²) in [4.78, 5) is 24.5. The first-order valence-electron chi connectivity index (χ1n) is 9.87. The molecule has 0 radical (unpaired) electrons. The summed E-state index contributed by atoms with van der Waals surface area (Å²) >= 11 is 1.22. The summed E-state index contributed by atoms with van der Waals surface area (Å²) in [7, 11) is 0. The maximum atomic E-state index is 12.4. The minimum absolute atomic E-state index is 0.0281. The van der Waals surface area contributed by atoms with E-state index >= 15 is 0 Å². The summed E-state index contributed by atoms with van der Waals surface area (Å²) in [5.74, 6) is -0.938. The number of hydrogen-bond acceptors (Lipinski definition) is 6. The molecule has 0 aliphatic carbocycles. The van der Waals surface area contributed by atoms with Gasteiger partial charge in [0.25, 0.3) is 0 Å². The minimum Gasteiger partial charge on any atom is -0.480 e.